The summed E-state index contributed by atoms with van der Waals surface area (Å²) in [6, 6.07) is 13.4. The average molecular weight is 465 g/mol. The normalized spacial score (nSPS) is 15.9. The largest absolute Gasteiger partial charge is 0.507 e. The molecule has 2 amide bonds. The number of aromatic hydroxyl groups is 1. The first kappa shape index (κ1) is 17.7. The highest BCUT2D eigenvalue weighted by Gasteiger charge is 2.36. The van der Waals surface area contributed by atoms with Gasteiger partial charge in [0.1, 0.15) is 5.75 Å². The second-order valence-electron chi connectivity index (χ2n) is 5.27. The van der Waals surface area contributed by atoms with Gasteiger partial charge in [-0.1, -0.05) is 36.4 Å². The molecule has 1 heterocycles. The summed E-state index contributed by atoms with van der Waals surface area (Å²) in [7, 11) is 0. The molecule has 0 spiro atoms. The van der Waals surface area contributed by atoms with Crippen molar-refractivity contribution in [3.8, 4) is 5.75 Å². The molecule has 25 heavy (non-hydrogen) atoms. The summed E-state index contributed by atoms with van der Waals surface area (Å²) < 4.78 is 0.643. The number of benzene rings is 2. The number of halogens is 1. The van der Waals surface area contributed by atoms with E-state index in [-0.39, 0.29) is 23.0 Å². The maximum absolute atomic E-state index is 12.5. The van der Waals surface area contributed by atoms with Crippen LogP contribution >= 0.6 is 34.4 Å². The highest BCUT2D eigenvalue weighted by atomic mass is 127. The molecule has 2 aromatic rings. The van der Waals surface area contributed by atoms with Crippen molar-refractivity contribution in [2.45, 2.75) is 0 Å². The molecule has 0 aliphatic carbocycles. The van der Waals surface area contributed by atoms with Crippen molar-refractivity contribution in [2.75, 3.05) is 6.54 Å². The molecule has 7 heteroatoms. The lowest BCUT2D eigenvalue weighted by Gasteiger charge is -2.11. The van der Waals surface area contributed by atoms with Crippen LogP contribution in [-0.4, -0.2) is 33.5 Å². The fraction of sp³-hybridized carbons (Fsp3) is 0.0556. The molecule has 2 aromatic carbocycles. The SMILES string of the molecule is O=C(CN1C(=O)SC(=Cc2ccc(O)c(I)c2)C1=O)c1ccccc1. The zero-order valence-electron chi connectivity index (χ0n) is 12.8. The predicted octanol–water partition coefficient (Wildman–Crippen LogP) is 3.92. The molecular weight excluding hydrogens is 453 g/mol. The molecule has 1 aliphatic rings. The third kappa shape index (κ3) is 3.93. The van der Waals surface area contributed by atoms with Gasteiger partial charge in [-0.15, -0.1) is 0 Å². The van der Waals surface area contributed by atoms with E-state index in [1.165, 1.54) is 6.07 Å². The molecule has 1 N–H and O–H groups in total. The first-order valence-corrected chi connectivity index (χ1v) is 9.17. The Morgan fingerprint density at radius 2 is 1.88 bits per heavy atom. The zero-order chi connectivity index (χ0) is 18.0. The van der Waals surface area contributed by atoms with E-state index < -0.39 is 11.1 Å². The fourth-order valence-corrected chi connectivity index (χ4v) is 3.64. The molecule has 0 aromatic heterocycles. The lowest BCUT2D eigenvalue weighted by Crippen LogP contribution is -2.33. The van der Waals surface area contributed by atoms with Gasteiger partial charge in [-0.05, 0) is 58.1 Å². The van der Waals surface area contributed by atoms with Crippen molar-refractivity contribution >= 4 is 57.4 Å². The minimum absolute atomic E-state index is 0.152. The topological polar surface area (TPSA) is 74.7 Å². The molecule has 0 unspecified atom stereocenters. The second-order valence-corrected chi connectivity index (χ2v) is 7.42. The van der Waals surface area contributed by atoms with E-state index in [1.54, 1.807) is 48.5 Å². The number of Topliss-reactive ketones (excluding diaryl/α,β-unsaturated/α-hetero) is 1. The minimum atomic E-state index is -0.484. The van der Waals surface area contributed by atoms with Crippen molar-refractivity contribution in [1.29, 1.82) is 0 Å². The summed E-state index contributed by atoms with van der Waals surface area (Å²) in [5.74, 6) is -0.620. The van der Waals surface area contributed by atoms with Crippen LogP contribution in [0.25, 0.3) is 6.08 Å². The van der Waals surface area contributed by atoms with Crippen LogP contribution in [-0.2, 0) is 4.79 Å². The Balaban J connectivity index is 1.79. The molecule has 0 saturated carbocycles. The van der Waals surface area contributed by atoms with Crippen LogP contribution < -0.4 is 0 Å². The Bertz CT molecular complexity index is 895. The molecule has 126 valence electrons. The first-order chi connectivity index (χ1) is 12.0. The fourth-order valence-electron chi connectivity index (χ4n) is 2.26. The van der Waals surface area contributed by atoms with Gasteiger partial charge in [0.2, 0.25) is 0 Å². The van der Waals surface area contributed by atoms with Crippen molar-refractivity contribution < 1.29 is 19.5 Å². The van der Waals surface area contributed by atoms with Gasteiger partial charge >= 0.3 is 0 Å². The maximum Gasteiger partial charge on any atom is 0.293 e. The van der Waals surface area contributed by atoms with Crippen molar-refractivity contribution in [1.82, 2.24) is 4.90 Å². The third-order valence-corrected chi connectivity index (χ3v) is 5.31. The number of nitrogens with zero attached hydrogens (tertiary/aromatic N) is 1. The average Bonchev–Trinajstić information content (AvgIpc) is 2.86. The summed E-state index contributed by atoms with van der Waals surface area (Å²) in [5.41, 5.74) is 1.15. The lowest BCUT2D eigenvalue weighted by atomic mass is 10.1. The van der Waals surface area contributed by atoms with Crippen LogP contribution in [0.3, 0.4) is 0 Å². The van der Waals surface area contributed by atoms with Crippen LogP contribution in [0.4, 0.5) is 4.79 Å². The number of ketones is 1. The number of hydrogen-bond acceptors (Lipinski definition) is 5. The van der Waals surface area contributed by atoms with Gasteiger partial charge in [0.15, 0.2) is 5.78 Å². The first-order valence-electron chi connectivity index (χ1n) is 7.28. The van der Waals surface area contributed by atoms with Crippen LogP contribution in [0.2, 0.25) is 0 Å². The molecule has 5 nitrogen and oxygen atoms in total. The van der Waals surface area contributed by atoms with E-state index in [0.29, 0.717) is 14.7 Å². The van der Waals surface area contributed by atoms with Gasteiger partial charge in [0.25, 0.3) is 11.1 Å². The Morgan fingerprint density at radius 3 is 2.56 bits per heavy atom. The van der Waals surface area contributed by atoms with E-state index in [0.717, 1.165) is 16.7 Å². The standard InChI is InChI=1S/C18H12INO4S/c19-13-8-11(6-7-14(13)21)9-16-17(23)20(18(24)25-16)10-15(22)12-4-2-1-3-5-12/h1-9,21H,10H2. The Kier molecular flexibility index (Phi) is 5.24. The van der Waals surface area contributed by atoms with E-state index in [1.807, 2.05) is 22.6 Å². The molecule has 0 radical (unpaired) electrons. The van der Waals surface area contributed by atoms with Crippen molar-refractivity contribution in [3.63, 3.8) is 0 Å². The second kappa shape index (κ2) is 7.40. The third-order valence-electron chi connectivity index (χ3n) is 3.54. The monoisotopic (exact) mass is 465 g/mol. The smallest absolute Gasteiger partial charge is 0.293 e. The van der Waals surface area contributed by atoms with Crippen LogP contribution in [0, 0.1) is 3.57 Å². The van der Waals surface area contributed by atoms with Crippen molar-refractivity contribution in [3.05, 3.63) is 68.1 Å². The summed E-state index contributed by atoms with van der Waals surface area (Å²) in [4.78, 5) is 38.0. The maximum atomic E-state index is 12.5. The number of carbonyl (C=O) groups excluding carboxylic acids is 3. The Labute approximate surface area is 161 Å². The van der Waals surface area contributed by atoms with Gasteiger partial charge in [-0.25, -0.2) is 0 Å². The summed E-state index contributed by atoms with van der Waals surface area (Å²) in [6.07, 6.45) is 1.58. The zero-order valence-corrected chi connectivity index (χ0v) is 15.8. The highest BCUT2D eigenvalue weighted by molar-refractivity contribution is 14.1. The number of phenolic OH excluding ortho intramolecular Hbond substituents is 1. The highest BCUT2D eigenvalue weighted by Crippen LogP contribution is 2.33. The van der Waals surface area contributed by atoms with Gasteiger partial charge in [0, 0.05) is 5.56 Å². The van der Waals surface area contributed by atoms with E-state index in [2.05, 4.69) is 0 Å². The Morgan fingerprint density at radius 1 is 1.16 bits per heavy atom. The van der Waals surface area contributed by atoms with E-state index in [9.17, 15) is 19.5 Å². The van der Waals surface area contributed by atoms with Crippen LogP contribution in [0.1, 0.15) is 15.9 Å². The number of phenols is 1. The predicted molar refractivity (Wildman–Crippen MR) is 104 cm³/mol. The van der Waals surface area contributed by atoms with E-state index >= 15 is 0 Å². The number of imide groups is 1. The summed E-state index contributed by atoms with van der Waals surface area (Å²) in [6.45, 7) is -0.279. The van der Waals surface area contributed by atoms with Gasteiger partial charge < -0.3 is 5.11 Å². The minimum Gasteiger partial charge on any atom is -0.507 e. The van der Waals surface area contributed by atoms with E-state index in [4.69, 9.17) is 0 Å². The van der Waals surface area contributed by atoms with Crippen molar-refractivity contribution in [2.24, 2.45) is 0 Å². The lowest BCUT2D eigenvalue weighted by molar-refractivity contribution is -0.122. The molecule has 3 rings (SSSR count). The van der Waals surface area contributed by atoms with Gasteiger partial charge in [-0.3, -0.25) is 19.3 Å². The summed E-state index contributed by atoms with van der Waals surface area (Å²) >= 11 is 2.78. The van der Waals surface area contributed by atoms with Gasteiger partial charge in [0.05, 0.1) is 15.0 Å². The number of rotatable bonds is 4. The molecule has 1 saturated heterocycles. The molecule has 1 aliphatic heterocycles. The summed E-state index contributed by atoms with van der Waals surface area (Å²) in [5, 5.41) is 9.08. The number of carbonyl (C=O) groups is 3. The number of thioether (sulfide) groups is 1. The molecule has 1 fully saturated rings. The quantitative estimate of drug-likeness (QED) is 0.421. The number of amides is 2. The molecule has 0 atom stereocenters. The molecule has 0 bridgehead atoms. The Hall–Kier alpha value is -2.13. The van der Waals surface area contributed by atoms with Crippen LogP contribution in [0.15, 0.2) is 53.4 Å². The molecular formula is C18H12INO4S. The number of hydrogen-bond donors (Lipinski definition) is 1. The van der Waals surface area contributed by atoms with Crippen LogP contribution in [0.5, 0.6) is 5.75 Å². The van der Waals surface area contributed by atoms with Gasteiger partial charge in [-0.2, -0.15) is 0 Å².